The summed E-state index contributed by atoms with van der Waals surface area (Å²) in [5, 5.41) is 0. The lowest BCUT2D eigenvalue weighted by Gasteiger charge is -2.22. The molecule has 1 aromatic rings. The fraction of sp³-hybridized carbons (Fsp3) is 0.571. The van der Waals surface area contributed by atoms with Crippen molar-refractivity contribution in [2.24, 2.45) is 5.73 Å². The number of hydrogen-bond acceptors (Lipinski definition) is 2. The molecule has 2 N–H and O–H groups in total. The second-order valence-corrected chi connectivity index (χ2v) is 4.67. The SMILES string of the molecule is CCc1ccc(COCC(C)(N)CC)cc1. The summed E-state index contributed by atoms with van der Waals surface area (Å²) in [6, 6.07) is 8.55. The smallest absolute Gasteiger partial charge is 0.0717 e. The Hall–Kier alpha value is -0.860. The number of ether oxygens (including phenoxy) is 1. The molecule has 0 aliphatic heterocycles. The second-order valence-electron chi connectivity index (χ2n) is 4.67. The van der Waals surface area contributed by atoms with Gasteiger partial charge < -0.3 is 10.5 Å². The van der Waals surface area contributed by atoms with Gasteiger partial charge in [0.1, 0.15) is 0 Å². The minimum atomic E-state index is -0.205. The van der Waals surface area contributed by atoms with Crippen molar-refractivity contribution in [2.45, 2.75) is 45.8 Å². The Bertz CT molecular complexity index is 303. The average molecular weight is 221 g/mol. The molecule has 0 aliphatic carbocycles. The number of rotatable bonds is 6. The van der Waals surface area contributed by atoms with Crippen molar-refractivity contribution in [1.29, 1.82) is 0 Å². The third-order valence-electron chi connectivity index (χ3n) is 2.94. The maximum absolute atomic E-state index is 6.00. The number of hydrogen-bond donors (Lipinski definition) is 1. The molecular weight excluding hydrogens is 198 g/mol. The highest BCUT2D eigenvalue weighted by Gasteiger charge is 2.15. The summed E-state index contributed by atoms with van der Waals surface area (Å²) >= 11 is 0. The molecule has 0 bridgehead atoms. The largest absolute Gasteiger partial charge is 0.375 e. The topological polar surface area (TPSA) is 35.2 Å². The van der Waals surface area contributed by atoms with Crippen LogP contribution < -0.4 is 5.73 Å². The van der Waals surface area contributed by atoms with Crippen LogP contribution in [0.4, 0.5) is 0 Å². The highest BCUT2D eigenvalue weighted by atomic mass is 16.5. The van der Waals surface area contributed by atoms with Crippen molar-refractivity contribution in [2.75, 3.05) is 6.61 Å². The normalized spacial score (nSPS) is 14.8. The Balaban J connectivity index is 2.37. The summed E-state index contributed by atoms with van der Waals surface area (Å²) < 4.78 is 5.62. The van der Waals surface area contributed by atoms with Crippen molar-refractivity contribution in [3.05, 3.63) is 35.4 Å². The molecule has 0 saturated carbocycles. The van der Waals surface area contributed by atoms with Crippen LogP contribution in [0, 0.1) is 0 Å². The van der Waals surface area contributed by atoms with Crippen LogP contribution in [0.2, 0.25) is 0 Å². The van der Waals surface area contributed by atoms with Crippen molar-refractivity contribution in [3.8, 4) is 0 Å². The minimum Gasteiger partial charge on any atom is -0.375 e. The van der Waals surface area contributed by atoms with E-state index in [0.717, 1.165) is 12.8 Å². The zero-order valence-electron chi connectivity index (χ0n) is 10.6. The molecule has 2 nitrogen and oxygen atoms in total. The van der Waals surface area contributed by atoms with Crippen LogP contribution in [-0.2, 0) is 17.8 Å². The van der Waals surface area contributed by atoms with Crippen molar-refractivity contribution in [1.82, 2.24) is 0 Å². The highest BCUT2D eigenvalue weighted by Crippen LogP contribution is 2.09. The van der Waals surface area contributed by atoms with Gasteiger partial charge in [-0.15, -0.1) is 0 Å². The first-order chi connectivity index (χ1) is 7.57. The molecule has 0 saturated heterocycles. The first kappa shape index (κ1) is 13.2. The second kappa shape index (κ2) is 6.02. The standard InChI is InChI=1S/C14H23NO/c1-4-12-6-8-13(9-7-12)10-16-11-14(3,15)5-2/h6-9H,4-5,10-11,15H2,1-3H3. The lowest BCUT2D eigenvalue weighted by molar-refractivity contribution is 0.0777. The first-order valence-electron chi connectivity index (χ1n) is 6.02. The summed E-state index contributed by atoms with van der Waals surface area (Å²) in [6.45, 7) is 7.52. The number of nitrogens with two attached hydrogens (primary N) is 1. The van der Waals surface area contributed by atoms with E-state index in [9.17, 15) is 0 Å². The molecule has 0 spiro atoms. The van der Waals surface area contributed by atoms with E-state index < -0.39 is 0 Å². The van der Waals surface area contributed by atoms with Crippen molar-refractivity contribution in [3.63, 3.8) is 0 Å². The van der Waals surface area contributed by atoms with Crippen LogP contribution in [0.3, 0.4) is 0 Å². The van der Waals surface area contributed by atoms with Gasteiger partial charge in [0.25, 0.3) is 0 Å². The minimum absolute atomic E-state index is 0.205. The van der Waals surface area contributed by atoms with Crippen molar-refractivity contribution < 1.29 is 4.74 Å². The van der Waals surface area contributed by atoms with Crippen molar-refractivity contribution >= 4 is 0 Å². The predicted octanol–water partition coefficient (Wildman–Crippen LogP) is 2.89. The van der Waals surface area contributed by atoms with Gasteiger partial charge in [-0.2, -0.15) is 0 Å². The van der Waals surface area contributed by atoms with Gasteiger partial charge in [0.2, 0.25) is 0 Å². The molecular formula is C14H23NO. The molecule has 0 fully saturated rings. The van der Waals surface area contributed by atoms with Crippen LogP contribution in [0.1, 0.15) is 38.3 Å². The van der Waals surface area contributed by atoms with E-state index in [1.54, 1.807) is 0 Å². The number of benzene rings is 1. The molecule has 1 atom stereocenters. The van der Waals surface area contributed by atoms with Gasteiger partial charge in [-0.1, -0.05) is 38.1 Å². The molecule has 0 amide bonds. The summed E-state index contributed by atoms with van der Waals surface area (Å²) in [7, 11) is 0. The van der Waals surface area contributed by atoms with Gasteiger partial charge in [0.05, 0.1) is 13.2 Å². The molecule has 0 heterocycles. The molecule has 1 unspecified atom stereocenters. The molecule has 90 valence electrons. The molecule has 2 heteroatoms. The molecule has 16 heavy (non-hydrogen) atoms. The summed E-state index contributed by atoms with van der Waals surface area (Å²) in [5.74, 6) is 0. The lowest BCUT2D eigenvalue weighted by Crippen LogP contribution is -2.40. The molecule has 1 aromatic carbocycles. The van der Waals surface area contributed by atoms with Gasteiger partial charge in [-0.25, -0.2) is 0 Å². The molecule has 0 aliphatic rings. The van der Waals surface area contributed by atoms with E-state index in [0.29, 0.717) is 13.2 Å². The zero-order valence-corrected chi connectivity index (χ0v) is 10.6. The third-order valence-corrected chi connectivity index (χ3v) is 2.94. The predicted molar refractivity (Wildman–Crippen MR) is 68.4 cm³/mol. The van der Waals surface area contributed by atoms with Gasteiger partial charge in [0.15, 0.2) is 0 Å². The zero-order chi connectivity index (χ0) is 12.0. The van der Waals surface area contributed by atoms with Crippen LogP contribution in [0.5, 0.6) is 0 Å². The van der Waals surface area contributed by atoms with Crippen LogP contribution >= 0.6 is 0 Å². The Morgan fingerprint density at radius 1 is 1.12 bits per heavy atom. The molecule has 1 rings (SSSR count). The Morgan fingerprint density at radius 3 is 2.19 bits per heavy atom. The maximum atomic E-state index is 6.00. The van der Waals surface area contributed by atoms with E-state index in [1.807, 2.05) is 6.92 Å². The number of aryl methyl sites for hydroxylation is 1. The molecule has 0 aromatic heterocycles. The molecule has 0 radical (unpaired) electrons. The van der Waals surface area contributed by atoms with Crippen LogP contribution in [0.25, 0.3) is 0 Å². The summed E-state index contributed by atoms with van der Waals surface area (Å²) in [4.78, 5) is 0. The van der Waals surface area contributed by atoms with Gasteiger partial charge >= 0.3 is 0 Å². The van der Waals surface area contributed by atoms with E-state index in [-0.39, 0.29) is 5.54 Å². The Kier molecular flexibility index (Phi) is 4.97. The quantitative estimate of drug-likeness (QED) is 0.801. The third kappa shape index (κ3) is 4.33. The monoisotopic (exact) mass is 221 g/mol. The highest BCUT2D eigenvalue weighted by molar-refractivity contribution is 5.21. The fourth-order valence-electron chi connectivity index (χ4n) is 1.38. The van der Waals surface area contributed by atoms with Gasteiger partial charge in [0, 0.05) is 5.54 Å². The Morgan fingerprint density at radius 2 is 1.69 bits per heavy atom. The van der Waals surface area contributed by atoms with E-state index >= 15 is 0 Å². The first-order valence-corrected chi connectivity index (χ1v) is 6.02. The van der Waals surface area contributed by atoms with E-state index in [2.05, 4.69) is 38.1 Å². The van der Waals surface area contributed by atoms with E-state index in [1.165, 1.54) is 11.1 Å². The average Bonchev–Trinajstić information content (AvgIpc) is 2.30. The van der Waals surface area contributed by atoms with E-state index in [4.69, 9.17) is 10.5 Å². The summed E-state index contributed by atoms with van der Waals surface area (Å²) in [5.41, 5.74) is 8.37. The Labute approximate surface area is 98.8 Å². The van der Waals surface area contributed by atoms with Crippen LogP contribution in [0.15, 0.2) is 24.3 Å². The summed E-state index contributed by atoms with van der Waals surface area (Å²) in [6.07, 6.45) is 2.01. The van der Waals surface area contributed by atoms with Gasteiger partial charge in [-0.3, -0.25) is 0 Å². The maximum Gasteiger partial charge on any atom is 0.0717 e. The van der Waals surface area contributed by atoms with Gasteiger partial charge in [-0.05, 0) is 30.9 Å². The lowest BCUT2D eigenvalue weighted by atomic mass is 10.0. The fourth-order valence-corrected chi connectivity index (χ4v) is 1.38. The van der Waals surface area contributed by atoms with Crippen LogP contribution in [-0.4, -0.2) is 12.1 Å².